The molecule has 0 aliphatic rings. The highest BCUT2D eigenvalue weighted by molar-refractivity contribution is 5.67. The molecule has 0 aliphatic heterocycles. The van der Waals surface area contributed by atoms with Gasteiger partial charge in [0, 0.05) is 18.4 Å². The molecule has 0 unspecified atom stereocenters. The molecule has 0 radical (unpaired) electrons. The van der Waals surface area contributed by atoms with Gasteiger partial charge in [0.05, 0.1) is 17.1 Å². The molecule has 2 aromatic heterocycles. The summed E-state index contributed by atoms with van der Waals surface area (Å²) in [5.41, 5.74) is 4.78. The lowest BCUT2D eigenvalue weighted by Crippen LogP contribution is -1.96. The summed E-state index contributed by atoms with van der Waals surface area (Å²) in [5.74, 6) is 0. The standard InChI is InChI=1S/C18H16N2O/c21-13-11-14-6-1-2-7-15(14)16-9-5-10-18(20-16)17-8-3-4-12-19-17/h1-10,12,21H,11,13H2. The van der Waals surface area contributed by atoms with E-state index in [-0.39, 0.29) is 6.61 Å². The quantitative estimate of drug-likeness (QED) is 0.795. The first-order chi connectivity index (χ1) is 10.4. The van der Waals surface area contributed by atoms with Crippen LogP contribution in [0.5, 0.6) is 0 Å². The van der Waals surface area contributed by atoms with Crippen molar-refractivity contribution in [1.29, 1.82) is 0 Å². The predicted molar refractivity (Wildman–Crippen MR) is 83.7 cm³/mol. The third kappa shape index (κ3) is 2.98. The van der Waals surface area contributed by atoms with Crippen LogP contribution in [-0.4, -0.2) is 21.7 Å². The summed E-state index contributed by atoms with van der Waals surface area (Å²) < 4.78 is 0. The van der Waals surface area contributed by atoms with E-state index in [1.165, 1.54) is 0 Å². The van der Waals surface area contributed by atoms with Crippen molar-refractivity contribution >= 4 is 0 Å². The summed E-state index contributed by atoms with van der Waals surface area (Å²) in [6.07, 6.45) is 2.40. The summed E-state index contributed by atoms with van der Waals surface area (Å²) in [5, 5.41) is 9.19. The fraction of sp³-hybridized carbons (Fsp3) is 0.111. The fourth-order valence-electron chi connectivity index (χ4n) is 2.35. The second kappa shape index (κ2) is 6.29. The topological polar surface area (TPSA) is 46.0 Å². The molecule has 0 amide bonds. The largest absolute Gasteiger partial charge is 0.396 e. The fourth-order valence-corrected chi connectivity index (χ4v) is 2.35. The van der Waals surface area contributed by atoms with E-state index in [2.05, 4.69) is 4.98 Å². The molecule has 1 aromatic carbocycles. The maximum absolute atomic E-state index is 9.19. The summed E-state index contributed by atoms with van der Waals surface area (Å²) in [4.78, 5) is 9.05. The molecule has 3 aromatic rings. The number of pyridine rings is 2. The molecule has 0 atom stereocenters. The molecule has 1 N–H and O–H groups in total. The minimum Gasteiger partial charge on any atom is -0.396 e. The van der Waals surface area contributed by atoms with Crippen molar-refractivity contribution in [3.63, 3.8) is 0 Å². The number of aliphatic hydroxyl groups excluding tert-OH is 1. The van der Waals surface area contributed by atoms with Gasteiger partial charge in [-0.1, -0.05) is 36.4 Å². The molecule has 21 heavy (non-hydrogen) atoms. The average Bonchev–Trinajstić information content (AvgIpc) is 2.57. The zero-order valence-electron chi connectivity index (χ0n) is 11.6. The third-order valence-electron chi connectivity index (χ3n) is 3.35. The summed E-state index contributed by atoms with van der Waals surface area (Å²) >= 11 is 0. The van der Waals surface area contributed by atoms with E-state index >= 15 is 0 Å². The zero-order valence-corrected chi connectivity index (χ0v) is 11.6. The van der Waals surface area contributed by atoms with Gasteiger partial charge in [-0.2, -0.15) is 0 Å². The SMILES string of the molecule is OCCc1ccccc1-c1cccc(-c2ccccn2)n1. The van der Waals surface area contributed by atoms with Gasteiger partial charge in [0.25, 0.3) is 0 Å². The van der Waals surface area contributed by atoms with Crippen molar-refractivity contribution in [3.05, 3.63) is 72.4 Å². The van der Waals surface area contributed by atoms with Crippen LogP contribution in [0, 0.1) is 0 Å². The Morgan fingerprint density at radius 1 is 0.762 bits per heavy atom. The van der Waals surface area contributed by atoms with Crippen LogP contribution >= 0.6 is 0 Å². The first-order valence-electron chi connectivity index (χ1n) is 6.96. The molecule has 3 nitrogen and oxygen atoms in total. The Labute approximate surface area is 124 Å². The molecule has 0 saturated heterocycles. The lowest BCUT2D eigenvalue weighted by molar-refractivity contribution is 0.300. The van der Waals surface area contributed by atoms with Crippen molar-refractivity contribution in [2.24, 2.45) is 0 Å². The molecule has 0 bridgehead atoms. The summed E-state index contributed by atoms with van der Waals surface area (Å²) in [7, 11) is 0. The van der Waals surface area contributed by atoms with Gasteiger partial charge in [0.15, 0.2) is 0 Å². The number of aromatic nitrogens is 2. The van der Waals surface area contributed by atoms with E-state index < -0.39 is 0 Å². The Morgan fingerprint density at radius 2 is 1.52 bits per heavy atom. The Bertz CT molecular complexity index is 726. The van der Waals surface area contributed by atoms with Crippen LogP contribution in [0.3, 0.4) is 0 Å². The highest BCUT2D eigenvalue weighted by Crippen LogP contribution is 2.24. The zero-order chi connectivity index (χ0) is 14.5. The van der Waals surface area contributed by atoms with E-state index in [9.17, 15) is 5.11 Å². The molecule has 0 aliphatic carbocycles. The van der Waals surface area contributed by atoms with Gasteiger partial charge in [-0.25, -0.2) is 4.98 Å². The summed E-state index contributed by atoms with van der Waals surface area (Å²) in [6, 6.07) is 19.8. The van der Waals surface area contributed by atoms with Gasteiger partial charge < -0.3 is 5.11 Å². The lowest BCUT2D eigenvalue weighted by Gasteiger charge is -2.09. The number of benzene rings is 1. The van der Waals surface area contributed by atoms with Gasteiger partial charge in [-0.15, -0.1) is 0 Å². The molecule has 0 saturated carbocycles. The maximum Gasteiger partial charge on any atom is 0.0893 e. The highest BCUT2D eigenvalue weighted by atomic mass is 16.2. The van der Waals surface area contributed by atoms with Gasteiger partial charge in [0.2, 0.25) is 0 Å². The van der Waals surface area contributed by atoms with E-state index in [0.29, 0.717) is 6.42 Å². The van der Waals surface area contributed by atoms with Crippen molar-refractivity contribution < 1.29 is 5.11 Å². The van der Waals surface area contributed by atoms with Gasteiger partial charge in [0.1, 0.15) is 0 Å². The molecule has 104 valence electrons. The normalized spacial score (nSPS) is 10.5. The molecule has 0 fully saturated rings. The van der Waals surface area contributed by atoms with Crippen LogP contribution in [0.25, 0.3) is 22.6 Å². The average molecular weight is 276 g/mol. The Kier molecular flexibility index (Phi) is 4.03. The molecular weight excluding hydrogens is 260 g/mol. The minimum atomic E-state index is 0.136. The molecule has 3 rings (SSSR count). The van der Waals surface area contributed by atoms with Crippen LogP contribution in [0.4, 0.5) is 0 Å². The van der Waals surface area contributed by atoms with Crippen molar-refractivity contribution in [1.82, 2.24) is 9.97 Å². The monoisotopic (exact) mass is 276 g/mol. The number of aliphatic hydroxyl groups is 1. The number of nitrogens with zero attached hydrogens (tertiary/aromatic N) is 2. The van der Waals surface area contributed by atoms with Gasteiger partial charge >= 0.3 is 0 Å². The van der Waals surface area contributed by atoms with E-state index in [1.54, 1.807) is 6.20 Å². The van der Waals surface area contributed by atoms with Crippen LogP contribution in [0.2, 0.25) is 0 Å². The molecule has 0 spiro atoms. The van der Waals surface area contributed by atoms with Crippen LogP contribution in [0.1, 0.15) is 5.56 Å². The first-order valence-corrected chi connectivity index (χ1v) is 6.96. The second-order valence-electron chi connectivity index (χ2n) is 4.75. The first kappa shape index (κ1) is 13.5. The smallest absolute Gasteiger partial charge is 0.0893 e. The number of hydrogen-bond donors (Lipinski definition) is 1. The summed E-state index contributed by atoms with van der Waals surface area (Å²) in [6.45, 7) is 0.136. The van der Waals surface area contributed by atoms with E-state index in [0.717, 1.165) is 28.2 Å². The van der Waals surface area contributed by atoms with Crippen molar-refractivity contribution in [2.75, 3.05) is 6.61 Å². The van der Waals surface area contributed by atoms with Crippen LogP contribution < -0.4 is 0 Å². The van der Waals surface area contributed by atoms with Crippen molar-refractivity contribution in [3.8, 4) is 22.6 Å². The second-order valence-corrected chi connectivity index (χ2v) is 4.75. The minimum absolute atomic E-state index is 0.136. The molecule has 2 heterocycles. The van der Waals surface area contributed by atoms with E-state index in [1.807, 2.05) is 60.7 Å². The van der Waals surface area contributed by atoms with Gasteiger partial charge in [-0.05, 0) is 36.2 Å². The number of hydrogen-bond acceptors (Lipinski definition) is 3. The Morgan fingerprint density at radius 3 is 2.33 bits per heavy atom. The molecule has 3 heteroatoms. The lowest BCUT2D eigenvalue weighted by atomic mass is 10.0. The van der Waals surface area contributed by atoms with Crippen LogP contribution in [0.15, 0.2) is 66.9 Å². The Balaban J connectivity index is 2.05. The van der Waals surface area contributed by atoms with Crippen LogP contribution in [-0.2, 0) is 6.42 Å². The molecular formula is C18H16N2O. The van der Waals surface area contributed by atoms with Gasteiger partial charge in [-0.3, -0.25) is 4.98 Å². The Hall–Kier alpha value is -2.52. The number of rotatable bonds is 4. The van der Waals surface area contributed by atoms with Crippen molar-refractivity contribution in [2.45, 2.75) is 6.42 Å². The van der Waals surface area contributed by atoms with E-state index in [4.69, 9.17) is 4.98 Å². The highest BCUT2D eigenvalue weighted by Gasteiger charge is 2.07. The maximum atomic E-state index is 9.19. The third-order valence-corrected chi connectivity index (χ3v) is 3.35. The predicted octanol–water partition coefficient (Wildman–Crippen LogP) is 3.35.